The summed E-state index contributed by atoms with van der Waals surface area (Å²) in [4.78, 5) is 4.30. The van der Waals surface area contributed by atoms with Crippen LogP contribution in [-0.4, -0.2) is 21.3 Å². The molecule has 0 aliphatic rings. The van der Waals surface area contributed by atoms with Gasteiger partial charge in [0.15, 0.2) is 12.2 Å². The zero-order valence-corrected chi connectivity index (χ0v) is 11.9. The zero-order valence-electron chi connectivity index (χ0n) is 11.9. The van der Waals surface area contributed by atoms with Gasteiger partial charge in [0.25, 0.3) is 0 Å². The molecule has 0 aromatic carbocycles. The quantitative estimate of drug-likeness (QED) is 0.779. The monoisotopic (exact) mass is 262 g/mol. The van der Waals surface area contributed by atoms with Crippen molar-refractivity contribution >= 4 is 0 Å². The maximum atomic E-state index is 5.57. The smallest absolute Gasteiger partial charge is 0.181 e. The second kappa shape index (κ2) is 6.52. The first-order valence-corrected chi connectivity index (χ1v) is 7.00. The number of aryl methyl sites for hydroxylation is 2. The molecule has 0 saturated heterocycles. The van der Waals surface area contributed by atoms with Crippen molar-refractivity contribution in [3.05, 3.63) is 23.8 Å². The van der Waals surface area contributed by atoms with Gasteiger partial charge in [-0.2, -0.15) is 5.10 Å². The number of nitrogens with zero attached hydrogens (tertiary/aromatic N) is 3. The number of hydrogen-bond donors (Lipinski definition) is 1. The maximum Gasteiger partial charge on any atom is 0.181 e. The van der Waals surface area contributed by atoms with Crippen molar-refractivity contribution in [2.75, 3.05) is 6.54 Å². The van der Waals surface area contributed by atoms with E-state index in [-0.39, 0.29) is 0 Å². The first-order chi connectivity index (χ1) is 9.30. The minimum absolute atomic E-state index is 0.732. The van der Waals surface area contributed by atoms with E-state index in [1.165, 1.54) is 6.39 Å². The van der Waals surface area contributed by atoms with E-state index in [4.69, 9.17) is 4.42 Å². The van der Waals surface area contributed by atoms with Crippen molar-refractivity contribution in [1.29, 1.82) is 0 Å². The zero-order chi connectivity index (χ0) is 13.7. The first kappa shape index (κ1) is 13.8. The summed E-state index contributed by atoms with van der Waals surface area (Å²) in [5.41, 5.74) is 3.05. The summed E-state index contributed by atoms with van der Waals surface area (Å²) in [5.74, 6) is 0.831. The van der Waals surface area contributed by atoms with Crippen molar-refractivity contribution in [2.24, 2.45) is 0 Å². The predicted molar refractivity (Wildman–Crippen MR) is 74.8 cm³/mol. The van der Waals surface area contributed by atoms with Crippen LogP contribution in [0.25, 0.3) is 11.5 Å². The predicted octanol–water partition coefficient (Wildman–Crippen LogP) is 2.62. The largest absolute Gasteiger partial charge is 0.442 e. The highest BCUT2D eigenvalue weighted by Crippen LogP contribution is 2.24. The second-order valence-electron chi connectivity index (χ2n) is 4.50. The number of oxazole rings is 1. The molecule has 0 radical (unpaired) electrons. The lowest BCUT2D eigenvalue weighted by molar-refractivity contribution is 0.554. The van der Waals surface area contributed by atoms with Gasteiger partial charge in [0.05, 0.1) is 5.69 Å². The molecule has 2 heterocycles. The van der Waals surface area contributed by atoms with Crippen LogP contribution < -0.4 is 5.32 Å². The van der Waals surface area contributed by atoms with Gasteiger partial charge < -0.3 is 9.73 Å². The highest BCUT2D eigenvalue weighted by molar-refractivity contribution is 5.56. The Labute approximate surface area is 114 Å². The molecule has 0 aliphatic heterocycles. The van der Waals surface area contributed by atoms with E-state index in [1.807, 2.05) is 4.68 Å². The highest BCUT2D eigenvalue weighted by atomic mass is 16.3. The molecule has 2 aromatic rings. The molecule has 0 atom stereocenters. The summed E-state index contributed by atoms with van der Waals surface area (Å²) in [6, 6.07) is 2.09. The van der Waals surface area contributed by atoms with Gasteiger partial charge in [-0.15, -0.1) is 0 Å². The Hall–Kier alpha value is -1.62. The lowest BCUT2D eigenvalue weighted by Crippen LogP contribution is -2.14. The fraction of sp³-hybridized carbons (Fsp3) is 0.571. The Morgan fingerprint density at radius 3 is 2.84 bits per heavy atom. The molecule has 0 bridgehead atoms. The minimum Gasteiger partial charge on any atom is -0.442 e. The van der Waals surface area contributed by atoms with Crippen LogP contribution in [0.15, 0.2) is 16.9 Å². The SMILES string of the molecule is CCCNCc1ncoc1-c1cc(CC)nn1CC. The van der Waals surface area contributed by atoms with E-state index in [1.54, 1.807) is 0 Å². The number of aromatic nitrogens is 3. The molecule has 1 N–H and O–H groups in total. The lowest BCUT2D eigenvalue weighted by atomic mass is 10.2. The van der Waals surface area contributed by atoms with E-state index in [2.05, 4.69) is 42.2 Å². The van der Waals surface area contributed by atoms with Crippen LogP contribution in [0.5, 0.6) is 0 Å². The Bertz CT molecular complexity index is 515. The maximum absolute atomic E-state index is 5.57. The third-order valence-electron chi connectivity index (χ3n) is 3.09. The molecule has 19 heavy (non-hydrogen) atoms. The molecular weight excluding hydrogens is 240 g/mol. The standard InChI is InChI=1S/C14H22N4O/c1-4-7-15-9-12-14(19-10-16-12)13-8-11(5-2)17-18(13)6-3/h8,10,15H,4-7,9H2,1-3H3. The number of hydrogen-bond acceptors (Lipinski definition) is 4. The summed E-state index contributed by atoms with van der Waals surface area (Å²) < 4.78 is 7.54. The lowest BCUT2D eigenvalue weighted by Gasteiger charge is -2.04. The van der Waals surface area contributed by atoms with E-state index >= 15 is 0 Å². The molecule has 0 aliphatic carbocycles. The molecule has 0 fully saturated rings. The van der Waals surface area contributed by atoms with Gasteiger partial charge in [0.1, 0.15) is 11.4 Å². The van der Waals surface area contributed by atoms with Crippen molar-refractivity contribution in [1.82, 2.24) is 20.1 Å². The average molecular weight is 262 g/mol. The summed E-state index contributed by atoms with van der Waals surface area (Å²) >= 11 is 0. The van der Waals surface area contributed by atoms with Crippen LogP contribution in [0.2, 0.25) is 0 Å². The van der Waals surface area contributed by atoms with E-state index in [0.29, 0.717) is 0 Å². The molecule has 0 amide bonds. The fourth-order valence-electron chi connectivity index (χ4n) is 2.05. The summed E-state index contributed by atoms with van der Waals surface area (Å²) in [6.45, 7) is 8.89. The Kier molecular flexibility index (Phi) is 4.74. The number of rotatable bonds is 7. The Morgan fingerprint density at radius 2 is 2.16 bits per heavy atom. The fourth-order valence-corrected chi connectivity index (χ4v) is 2.05. The van der Waals surface area contributed by atoms with Crippen LogP contribution >= 0.6 is 0 Å². The first-order valence-electron chi connectivity index (χ1n) is 7.00. The van der Waals surface area contributed by atoms with E-state index in [9.17, 15) is 0 Å². The second-order valence-corrected chi connectivity index (χ2v) is 4.50. The molecule has 0 saturated carbocycles. The van der Waals surface area contributed by atoms with Crippen LogP contribution in [0.1, 0.15) is 38.6 Å². The molecule has 2 rings (SSSR count). The molecule has 104 valence electrons. The van der Waals surface area contributed by atoms with Gasteiger partial charge >= 0.3 is 0 Å². The van der Waals surface area contributed by atoms with Crippen molar-refractivity contribution in [2.45, 2.75) is 46.7 Å². The van der Waals surface area contributed by atoms with E-state index in [0.717, 1.165) is 55.3 Å². The van der Waals surface area contributed by atoms with Crippen molar-refractivity contribution in [3.63, 3.8) is 0 Å². The van der Waals surface area contributed by atoms with Crippen LogP contribution in [0, 0.1) is 0 Å². The van der Waals surface area contributed by atoms with E-state index < -0.39 is 0 Å². The minimum atomic E-state index is 0.732. The van der Waals surface area contributed by atoms with Gasteiger partial charge in [0, 0.05) is 13.1 Å². The van der Waals surface area contributed by atoms with Gasteiger partial charge in [-0.3, -0.25) is 4.68 Å². The highest BCUT2D eigenvalue weighted by Gasteiger charge is 2.16. The Balaban J connectivity index is 2.26. The van der Waals surface area contributed by atoms with Gasteiger partial charge in [-0.1, -0.05) is 13.8 Å². The summed E-state index contributed by atoms with van der Waals surface area (Å²) in [7, 11) is 0. The average Bonchev–Trinajstić information content (AvgIpc) is 3.04. The summed E-state index contributed by atoms with van der Waals surface area (Å²) in [6.07, 6.45) is 3.55. The van der Waals surface area contributed by atoms with Gasteiger partial charge in [-0.05, 0) is 32.4 Å². The molecule has 2 aromatic heterocycles. The van der Waals surface area contributed by atoms with Gasteiger partial charge in [-0.25, -0.2) is 4.98 Å². The van der Waals surface area contributed by atoms with Crippen molar-refractivity contribution < 1.29 is 4.42 Å². The third-order valence-corrected chi connectivity index (χ3v) is 3.09. The molecule has 5 heteroatoms. The molecule has 0 unspecified atom stereocenters. The third kappa shape index (κ3) is 3.04. The van der Waals surface area contributed by atoms with Gasteiger partial charge in [0.2, 0.25) is 0 Å². The molecule has 0 spiro atoms. The molecular formula is C14H22N4O. The topological polar surface area (TPSA) is 55.9 Å². The van der Waals surface area contributed by atoms with Crippen LogP contribution in [-0.2, 0) is 19.5 Å². The normalized spacial score (nSPS) is 11.1. The van der Waals surface area contributed by atoms with Crippen molar-refractivity contribution in [3.8, 4) is 11.5 Å². The molecule has 5 nitrogen and oxygen atoms in total. The van der Waals surface area contributed by atoms with Crippen LogP contribution in [0.4, 0.5) is 0 Å². The number of nitrogens with one attached hydrogen (secondary N) is 1. The Morgan fingerprint density at radius 1 is 1.32 bits per heavy atom. The summed E-state index contributed by atoms with van der Waals surface area (Å²) in [5, 5.41) is 7.90. The van der Waals surface area contributed by atoms with Crippen LogP contribution in [0.3, 0.4) is 0 Å².